The van der Waals surface area contributed by atoms with Gasteiger partial charge in [-0.25, -0.2) is 0 Å². The fourth-order valence-corrected chi connectivity index (χ4v) is 0.827. The second kappa shape index (κ2) is 4.16. The molecule has 11 heavy (non-hydrogen) atoms. The lowest BCUT2D eigenvalue weighted by molar-refractivity contribution is 0.304. The summed E-state index contributed by atoms with van der Waals surface area (Å²) in [5.41, 5.74) is 0.141. The first-order chi connectivity index (χ1) is 5.29. The SMILES string of the molecule is O[C@H](Cl)/C=C/c1ccccc1. The monoisotopic (exact) mass is 168 g/mol. The third-order valence-corrected chi connectivity index (χ3v) is 1.39. The molecule has 0 spiro atoms. The number of rotatable bonds is 2. The number of aliphatic hydroxyl groups is 1. The fourth-order valence-electron chi connectivity index (χ4n) is 0.755. The van der Waals surface area contributed by atoms with Crippen molar-refractivity contribution in [3.05, 3.63) is 42.0 Å². The van der Waals surface area contributed by atoms with Crippen LogP contribution in [-0.2, 0) is 0 Å². The van der Waals surface area contributed by atoms with E-state index >= 15 is 0 Å². The van der Waals surface area contributed by atoms with Crippen LogP contribution >= 0.6 is 11.6 Å². The summed E-state index contributed by atoms with van der Waals surface area (Å²) in [5, 5.41) is 8.69. The maximum Gasteiger partial charge on any atom is 0.146 e. The van der Waals surface area contributed by atoms with E-state index in [0.29, 0.717) is 0 Å². The average Bonchev–Trinajstić information content (AvgIpc) is 2.03. The van der Waals surface area contributed by atoms with Gasteiger partial charge in [0.2, 0.25) is 0 Å². The highest BCUT2D eigenvalue weighted by atomic mass is 35.5. The van der Waals surface area contributed by atoms with Crippen LogP contribution in [0.1, 0.15) is 5.56 Å². The van der Waals surface area contributed by atoms with E-state index in [1.54, 1.807) is 6.08 Å². The van der Waals surface area contributed by atoms with Crippen LogP contribution in [0.15, 0.2) is 36.4 Å². The highest BCUT2D eigenvalue weighted by Gasteiger charge is 1.87. The van der Waals surface area contributed by atoms with Crippen LogP contribution in [0.25, 0.3) is 6.08 Å². The smallest absolute Gasteiger partial charge is 0.146 e. The highest BCUT2D eigenvalue weighted by molar-refractivity contribution is 6.20. The van der Waals surface area contributed by atoms with Gasteiger partial charge in [0.15, 0.2) is 0 Å². The van der Waals surface area contributed by atoms with E-state index in [9.17, 15) is 0 Å². The van der Waals surface area contributed by atoms with E-state index in [2.05, 4.69) is 0 Å². The molecular weight excluding hydrogens is 160 g/mol. The number of hydrogen-bond donors (Lipinski definition) is 1. The first kappa shape index (κ1) is 8.31. The quantitative estimate of drug-likeness (QED) is 0.672. The van der Waals surface area contributed by atoms with Crippen molar-refractivity contribution in [2.45, 2.75) is 5.56 Å². The van der Waals surface area contributed by atoms with Gasteiger partial charge in [0.1, 0.15) is 5.56 Å². The van der Waals surface area contributed by atoms with Crippen molar-refractivity contribution in [2.75, 3.05) is 0 Å². The molecule has 0 saturated heterocycles. The fraction of sp³-hybridized carbons (Fsp3) is 0.111. The predicted octanol–water partition coefficient (Wildman–Crippen LogP) is 2.26. The second-order valence-electron chi connectivity index (χ2n) is 2.14. The lowest BCUT2D eigenvalue weighted by Gasteiger charge is -1.92. The first-order valence-electron chi connectivity index (χ1n) is 3.34. The predicted molar refractivity (Wildman–Crippen MR) is 47.3 cm³/mol. The van der Waals surface area contributed by atoms with Crippen LogP contribution in [-0.4, -0.2) is 10.7 Å². The Morgan fingerprint density at radius 2 is 1.91 bits per heavy atom. The Morgan fingerprint density at radius 3 is 2.45 bits per heavy atom. The van der Waals surface area contributed by atoms with E-state index in [1.165, 1.54) is 6.08 Å². The molecule has 0 aromatic heterocycles. The van der Waals surface area contributed by atoms with Crippen molar-refractivity contribution in [1.82, 2.24) is 0 Å². The standard InChI is InChI=1S/C9H9ClO/c10-9(11)7-6-8-4-2-1-3-5-8/h1-7,9,11H/b7-6+/t9-/m0/s1. The Balaban J connectivity index is 2.65. The summed E-state index contributed by atoms with van der Waals surface area (Å²) in [6.07, 6.45) is 3.30. The number of aliphatic hydroxyl groups excluding tert-OH is 1. The van der Waals surface area contributed by atoms with E-state index in [4.69, 9.17) is 16.7 Å². The Hall–Kier alpha value is -0.790. The summed E-state index contributed by atoms with van der Waals surface area (Å²) < 4.78 is 0. The van der Waals surface area contributed by atoms with Gasteiger partial charge in [-0.2, -0.15) is 0 Å². The van der Waals surface area contributed by atoms with Crippen molar-refractivity contribution in [3.63, 3.8) is 0 Å². The summed E-state index contributed by atoms with van der Waals surface area (Å²) in [7, 11) is 0. The minimum atomic E-state index is -0.893. The van der Waals surface area contributed by atoms with Crippen molar-refractivity contribution in [3.8, 4) is 0 Å². The Labute approximate surface area is 70.9 Å². The molecule has 2 heteroatoms. The summed E-state index contributed by atoms with van der Waals surface area (Å²) in [4.78, 5) is 0. The van der Waals surface area contributed by atoms with Crippen LogP contribution in [0.5, 0.6) is 0 Å². The van der Waals surface area contributed by atoms with Crippen molar-refractivity contribution < 1.29 is 5.11 Å². The lowest BCUT2D eigenvalue weighted by atomic mass is 10.2. The molecular formula is C9H9ClO. The molecule has 1 aromatic rings. The molecule has 58 valence electrons. The van der Waals surface area contributed by atoms with Gasteiger partial charge in [-0.3, -0.25) is 0 Å². The van der Waals surface area contributed by atoms with Gasteiger partial charge in [-0.1, -0.05) is 48.0 Å². The average molecular weight is 169 g/mol. The summed E-state index contributed by atoms with van der Waals surface area (Å²) in [6.45, 7) is 0. The zero-order valence-electron chi connectivity index (χ0n) is 5.94. The van der Waals surface area contributed by atoms with Crippen LogP contribution in [0.4, 0.5) is 0 Å². The van der Waals surface area contributed by atoms with Gasteiger partial charge < -0.3 is 5.11 Å². The van der Waals surface area contributed by atoms with Crippen LogP contribution in [0.3, 0.4) is 0 Å². The van der Waals surface area contributed by atoms with E-state index in [-0.39, 0.29) is 0 Å². The summed E-state index contributed by atoms with van der Waals surface area (Å²) in [5.74, 6) is 0. The van der Waals surface area contributed by atoms with Crippen molar-refractivity contribution in [2.24, 2.45) is 0 Å². The van der Waals surface area contributed by atoms with Crippen LogP contribution in [0, 0.1) is 0 Å². The maximum absolute atomic E-state index is 8.69. The van der Waals surface area contributed by atoms with E-state index in [1.807, 2.05) is 30.3 Å². The van der Waals surface area contributed by atoms with E-state index in [0.717, 1.165) is 5.56 Å². The molecule has 0 aliphatic heterocycles. The second-order valence-corrected chi connectivity index (χ2v) is 2.59. The van der Waals surface area contributed by atoms with Crippen LogP contribution < -0.4 is 0 Å². The largest absolute Gasteiger partial charge is 0.374 e. The molecule has 1 rings (SSSR count). The van der Waals surface area contributed by atoms with Gasteiger partial charge in [-0.15, -0.1) is 0 Å². The molecule has 1 nitrogen and oxygen atoms in total. The first-order valence-corrected chi connectivity index (χ1v) is 3.78. The maximum atomic E-state index is 8.69. The Kier molecular flexibility index (Phi) is 3.14. The highest BCUT2D eigenvalue weighted by Crippen LogP contribution is 2.02. The van der Waals surface area contributed by atoms with Gasteiger partial charge in [-0.05, 0) is 11.6 Å². The number of halogens is 1. The molecule has 0 aliphatic rings. The van der Waals surface area contributed by atoms with E-state index < -0.39 is 5.56 Å². The van der Waals surface area contributed by atoms with Gasteiger partial charge in [0.25, 0.3) is 0 Å². The molecule has 0 radical (unpaired) electrons. The van der Waals surface area contributed by atoms with Gasteiger partial charge >= 0.3 is 0 Å². The molecule has 1 atom stereocenters. The third kappa shape index (κ3) is 3.21. The summed E-state index contributed by atoms with van der Waals surface area (Å²) in [6, 6.07) is 9.68. The topological polar surface area (TPSA) is 20.2 Å². The van der Waals surface area contributed by atoms with Crippen molar-refractivity contribution in [1.29, 1.82) is 0 Å². The normalized spacial score (nSPS) is 13.6. The zero-order valence-corrected chi connectivity index (χ0v) is 6.70. The van der Waals surface area contributed by atoms with Gasteiger partial charge in [0, 0.05) is 0 Å². The molecule has 1 aromatic carbocycles. The Bertz CT molecular complexity index is 229. The third-order valence-electron chi connectivity index (χ3n) is 1.25. The molecule has 1 N–H and O–H groups in total. The number of alkyl halides is 1. The molecule has 0 amide bonds. The van der Waals surface area contributed by atoms with Gasteiger partial charge in [0.05, 0.1) is 0 Å². The Morgan fingerprint density at radius 1 is 1.27 bits per heavy atom. The zero-order chi connectivity index (χ0) is 8.10. The molecule has 0 aliphatic carbocycles. The van der Waals surface area contributed by atoms with Crippen LogP contribution in [0.2, 0.25) is 0 Å². The van der Waals surface area contributed by atoms with Crippen molar-refractivity contribution >= 4 is 17.7 Å². The summed E-state index contributed by atoms with van der Waals surface area (Å²) >= 11 is 5.30. The number of benzene rings is 1. The molecule has 0 heterocycles. The minimum Gasteiger partial charge on any atom is -0.374 e. The molecule has 0 fully saturated rings. The number of hydrogen-bond acceptors (Lipinski definition) is 1. The molecule has 0 bridgehead atoms. The molecule has 0 unspecified atom stereocenters. The lowest BCUT2D eigenvalue weighted by Crippen LogP contribution is -1.86. The molecule has 0 saturated carbocycles. The minimum absolute atomic E-state index is 0.893.